The molecular weight excluding hydrogens is 304 g/mol. The van der Waals surface area contributed by atoms with Crippen molar-refractivity contribution in [2.45, 2.75) is 31.6 Å². The number of fused-ring (bicyclic) bond motifs is 1. The molecule has 4 heterocycles. The number of rotatable bonds is 4. The smallest absolute Gasteiger partial charge is 0.217 e. The van der Waals surface area contributed by atoms with Gasteiger partial charge in [0, 0.05) is 31.0 Å². The molecule has 6 heteroatoms. The maximum Gasteiger partial charge on any atom is 0.217 e. The van der Waals surface area contributed by atoms with Crippen molar-refractivity contribution in [1.82, 2.24) is 19.9 Å². The Morgan fingerprint density at radius 1 is 1.29 bits per heavy atom. The van der Waals surface area contributed by atoms with Gasteiger partial charge in [-0.1, -0.05) is 6.07 Å². The minimum absolute atomic E-state index is 0.107. The second kappa shape index (κ2) is 6.83. The first-order chi connectivity index (χ1) is 11.8. The molecule has 4 rings (SSSR count). The largest absolute Gasteiger partial charge is 0.481 e. The molecule has 2 aliphatic rings. The van der Waals surface area contributed by atoms with E-state index >= 15 is 0 Å². The molecule has 2 aliphatic heterocycles. The number of nitrogens with zero attached hydrogens (tertiary/aromatic N) is 4. The Morgan fingerprint density at radius 3 is 3.08 bits per heavy atom. The van der Waals surface area contributed by atoms with Gasteiger partial charge in [-0.25, -0.2) is 15.0 Å². The number of methoxy groups -OCH3 is 1. The molecule has 0 amide bonds. The Bertz CT molecular complexity index is 682. The highest BCUT2D eigenvalue weighted by molar-refractivity contribution is 5.25. The van der Waals surface area contributed by atoms with Gasteiger partial charge in [0.1, 0.15) is 12.4 Å². The standard InChI is InChI=1S/C18H22N4O2/c1-23-18-14(3-2-6-20-18)10-22-8-5-13-9-16(24-17(13)11-22)15-4-7-19-12-21-15/h2-4,6-7,12-13,16-17H,5,8-11H2,1H3/t13-,16+,17+/m0/s1. The summed E-state index contributed by atoms with van der Waals surface area (Å²) in [5.74, 6) is 1.34. The first-order valence-corrected chi connectivity index (χ1v) is 8.45. The average Bonchev–Trinajstić information content (AvgIpc) is 3.06. The number of piperidine rings is 1. The molecule has 0 N–H and O–H groups in total. The zero-order chi connectivity index (χ0) is 16.4. The van der Waals surface area contributed by atoms with E-state index in [1.807, 2.05) is 12.1 Å². The Morgan fingerprint density at radius 2 is 2.25 bits per heavy atom. The molecule has 6 nitrogen and oxygen atoms in total. The van der Waals surface area contributed by atoms with E-state index in [2.05, 4.69) is 25.9 Å². The van der Waals surface area contributed by atoms with Crippen molar-refractivity contribution < 1.29 is 9.47 Å². The number of aromatic nitrogens is 3. The van der Waals surface area contributed by atoms with E-state index in [9.17, 15) is 0 Å². The van der Waals surface area contributed by atoms with Crippen LogP contribution in [0.5, 0.6) is 5.88 Å². The number of hydrogen-bond donors (Lipinski definition) is 0. The highest BCUT2D eigenvalue weighted by Gasteiger charge is 2.40. The quantitative estimate of drug-likeness (QED) is 0.859. The van der Waals surface area contributed by atoms with Gasteiger partial charge < -0.3 is 9.47 Å². The maximum atomic E-state index is 6.30. The Labute approximate surface area is 141 Å². The van der Waals surface area contributed by atoms with Gasteiger partial charge >= 0.3 is 0 Å². The van der Waals surface area contributed by atoms with Crippen molar-refractivity contribution >= 4 is 0 Å². The summed E-state index contributed by atoms with van der Waals surface area (Å²) in [6.07, 6.45) is 7.76. The fourth-order valence-electron chi connectivity index (χ4n) is 3.79. The molecule has 2 aromatic heterocycles. The minimum atomic E-state index is 0.107. The predicted molar refractivity (Wildman–Crippen MR) is 88.4 cm³/mol. The van der Waals surface area contributed by atoms with Crippen LogP contribution < -0.4 is 4.74 Å². The third-order valence-corrected chi connectivity index (χ3v) is 5.01. The molecule has 2 fully saturated rings. The second-order valence-corrected chi connectivity index (χ2v) is 6.49. The fourth-order valence-corrected chi connectivity index (χ4v) is 3.79. The minimum Gasteiger partial charge on any atom is -0.481 e. The van der Waals surface area contributed by atoms with E-state index in [1.165, 1.54) is 0 Å². The fraction of sp³-hybridized carbons (Fsp3) is 0.500. The molecule has 126 valence electrons. The van der Waals surface area contributed by atoms with Crippen LogP contribution in [0.4, 0.5) is 0 Å². The normalized spacial score (nSPS) is 27.0. The lowest BCUT2D eigenvalue weighted by Gasteiger charge is -2.34. The Hall–Kier alpha value is -2.05. The molecule has 0 aliphatic carbocycles. The third-order valence-electron chi connectivity index (χ3n) is 5.01. The van der Waals surface area contributed by atoms with Gasteiger partial charge in [-0.2, -0.15) is 0 Å². The molecule has 0 bridgehead atoms. The lowest BCUT2D eigenvalue weighted by Crippen LogP contribution is -2.41. The van der Waals surface area contributed by atoms with Gasteiger partial charge in [0.2, 0.25) is 5.88 Å². The van der Waals surface area contributed by atoms with Gasteiger partial charge in [-0.3, -0.25) is 4.90 Å². The second-order valence-electron chi connectivity index (χ2n) is 6.49. The number of ether oxygens (including phenoxy) is 2. The van der Waals surface area contributed by atoms with Crippen LogP contribution in [0.25, 0.3) is 0 Å². The van der Waals surface area contributed by atoms with Crippen LogP contribution in [0.2, 0.25) is 0 Å². The molecule has 0 spiro atoms. The third kappa shape index (κ3) is 3.12. The van der Waals surface area contributed by atoms with E-state index in [-0.39, 0.29) is 12.2 Å². The summed E-state index contributed by atoms with van der Waals surface area (Å²) < 4.78 is 11.7. The van der Waals surface area contributed by atoms with Crippen molar-refractivity contribution in [3.63, 3.8) is 0 Å². The van der Waals surface area contributed by atoms with Gasteiger partial charge in [0.25, 0.3) is 0 Å². The Kier molecular flexibility index (Phi) is 4.40. The summed E-state index contributed by atoms with van der Waals surface area (Å²) in [6.45, 7) is 2.88. The summed E-state index contributed by atoms with van der Waals surface area (Å²) in [7, 11) is 1.67. The van der Waals surface area contributed by atoms with Crippen molar-refractivity contribution in [2.24, 2.45) is 5.92 Å². The number of pyridine rings is 1. The van der Waals surface area contributed by atoms with Crippen molar-refractivity contribution in [2.75, 3.05) is 20.2 Å². The predicted octanol–water partition coefficient (Wildman–Crippen LogP) is 2.23. The van der Waals surface area contributed by atoms with E-state index < -0.39 is 0 Å². The summed E-state index contributed by atoms with van der Waals surface area (Å²) in [6, 6.07) is 6.00. The lowest BCUT2D eigenvalue weighted by atomic mass is 9.91. The van der Waals surface area contributed by atoms with Crippen LogP contribution in [-0.4, -0.2) is 46.2 Å². The molecule has 0 radical (unpaired) electrons. The van der Waals surface area contributed by atoms with Crippen molar-refractivity contribution in [3.05, 3.63) is 48.2 Å². The van der Waals surface area contributed by atoms with E-state index in [0.29, 0.717) is 11.8 Å². The molecule has 0 aromatic carbocycles. The average molecular weight is 326 g/mol. The summed E-state index contributed by atoms with van der Waals surface area (Å²) >= 11 is 0. The summed E-state index contributed by atoms with van der Waals surface area (Å²) in [5.41, 5.74) is 2.13. The number of hydrogen-bond acceptors (Lipinski definition) is 6. The van der Waals surface area contributed by atoms with Gasteiger partial charge in [-0.05, 0) is 37.4 Å². The topological polar surface area (TPSA) is 60.4 Å². The molecule has 3 atom stereocenters. The van der Waals surface area contributed by atoms with E-state index in [0.717, 1.165) is 43.7 Å². The van der Waals surface area contributed by atoms with E-state index in [4.69, 9.17) is 9.47 Å². The SMILES string of the molecule is COc1ncccc1CN1CC[C@H]2C[C@H](c3ccncn3)O[C@@H]2C1. The van der Waals surface area contributed by atoms with Crippen LogP contribution in [0, 0.1) is 5.92 Å². The van der Waals surface area contributed by atoms with Gasteiger partial charge in [-0.15, -0.1) is 0 Å². The van der Waals surface area contributed by atoms with Crippen molar-refractivity contribution in [1.29, 1.82) is 0 Å². The molecule has 24 heavy (non-hydrogen) atoms. The molecule has 0 saturated carbocycles. The molecular formula is C18H22N4O2. The van der Waals surface area contributed by atoms with E-state index in [1.54, 1.807) is 25.8 Å². The van der Waals surface area contributed by atoms with Gasteiger partial charge in [0.15, 0.2) is 0 Å². The van der Waals surface area contributed by atoms with Crippen molar-refractivity contribution in [3.8, 4) is 5.88 Å². The van der Waals surface area contributed by atoms with Crippen LogP contribution in [-0.2, 0) is 11.3 Å². The summed E-state index contributed by atoms with van der Waals surface area (Å²) in [5, 5.41) is 0. The highest BCUT2D eigenvalue weighted by Crippen LogP contribution is 2.40. The molecule has 2 saturated heterocycles. The summed E-state index contributed by atoms with van der Waals surface area (Å²) in [4.78, 5) is 15.1. The zero-order valence-corrected chi connectivity index (χ0v) is 13.8. The number of likely N-dealkylation sites (tertiary alicyclic amines) is 1. The first-order valence-electron chi connectivity index (χ1n) is 8.45. The molecule has 0 unspecified atom stereocenters. The lowest BCUT2D eigenvalue weighted by molar-refractivity contribution is -0.0108. The van der Waals surface area contributed by atoms with Crippen LogP contribution in [0.15, 0.2) is 36.9 Å². The van der Waals surface area contributed by atoms with Gasteiger partial charge in [0.05, 0.1) is 18.9 Å². The Balaban J connectivity index is 1.41. The highest BCUT2D eigenvalue weighted by atomic mass is 16.5. The van der Waals surface area contributed by atoms with Crippen LogP contribution >= 0.6 is 0 Å². The van der Waals surface area contributed by atoms with Crippen LogP contribution in [0.1, 0.15) is 30.2 Å². The van der Waals surface area contributed by atoms with Crippen LogP contribution in [0.3, 0.4) is 0 Å². The zero-order valence-electron chi connectivity index (χ0n) is 13.8. The first kappa shape index (κ1) is 15.5. The monoisotopic (exact) mass is 326 g/mol. The maximum absolute atomic E-state index is 6.30. The molecule has 2 aromatic rings.